The van der Waals surface area contributed by atoms with Gasteiger partial charge in [0.05, 0.1) is 11.6 Å². The van der Waals surface area contributed by atoms with Crippen molar-refractivity contribution in [3.8, 4) is 0 Å². The van der Waals surface area contributed by atoms with Crippen LogP contribution in [0.3, 0.4) is 0 Å². The van der Waals surface area contributed by atoms with Crippen LogP contribution in [0.2, 0.25) is 0 Å². The largest absolute Gasteiger partial charge is 0.335 e. The zero-order chi connectivity index (χ0) is 54.6. The molecule has 15 rings (SSSR count). The molecule has 0 saturated heterocycles. The lowest BCUT2D eigenvalue weighted by atomic mass is 9.33. The van der Waals surface area contributed by atoms with Crippen molar-refractivity contribution in [1.82, 2.24) is 0 Å². The molecule has 4 heterocycles. The van der Waals surface area contributed by atoms with Crippen molar-refractivity contribution in [2.45, 2.75) is 219 Å². The van der Waals surface area contributed by atoms with Crippen molar-refractivity contribution in [2.75, 3.05) is 14.7 Å². The van der Waals surface area contributed by atoms with Crippen molar-refractivity contribution < 1.29 is 0 Å². The van der Waals surface area contributed by atoms with E-state index in [0.717, 1.165) is 12.8 Å². The van der Waals surface area contributed by atoms with Gasteiger partial charge in [0.2, 0.25) is 0 Å². The molecule has 6 unspecified atom stereocenters. The number of rotatable bonds is 1. The van der Waals surface area contributed by atoms with E-state index in [9.17, 15) is 0 Å². The van der Waals surface area contributed by atoms with Crippen molar-refractivity contribution in [3.63, 3.8) is 0 Å². The molecular formula is C74H86BN3. The second-order valence-corrected chi connectivity index (χ2v) is 31.2. The number of allylic oxidation sites excluding steroid dienone is 6. The van der Waals surface area contributed by atoms with Gasteiger partial charge in [0.1, 0.15) is 0 Å². The van der Waals surface area contributed by atoms with E-state index in [1.165, 1.54) is 129 Å². The highest BCUT2D eigenvalue weighted by Crippen LogP contribution is 2.65. The van der Waals surface area contributed by atoms with Crippen molar-refractivity contribution in [2.24, 2.45) is 11.3 Å². The van der Waals surface area contributed by atoms with E-state index in [0.29, 0.717) is 11.8 Å². The lowest BCUT2D eigenvalue weighted by Gasteiger charge is -2.53. The molecule has 0 spiro atoms. The molecule has 78 heavy (non-hydrogen) atoms. The molecule has 3 nitrogen and oxygen atoms in total. The SMILES string of the molecule is CC1=CC2=C3CC1N1c4cc(ccc4B4c5cc6c(cc5N(c5ccc7c(c5)C(C)(C)C5C=CC=CC75)c5cc(C)cc1c54)C(C)(C)CCC6(C)C)N1c4cc(c(C(C)(C)C)cc4C4(C)CCCCC14C)C3(C)CCC2(C)C. The van der Waals surface area contributed by atoms with Crippen LogP contribution in [0.25, 0.3) is 0 Å². The first-order valence-corrected chi connectivity index (χ1v) is 30.7. The van der Waals surface area contributed by atoms with Crippen molar-refractivity contribution in [1.29, 1.82) is 0 Å². The molecule has 1 saturated carbocycles. The number of hydrogen-bond donors (Lipinski definition) is 0. The van der Waals surface area contributed by atoms with Crippen LogP contribution in [-0.4, -0.2) is 18.3 Å². The third-order valence-electron chi connectivity index (χ3n) is 24.0. The molecule has 4 heteroatoms. The summed E-state index contributed by atoms with van der Waals surface area (Å²) in [6.45, 7) is 40.6. The van der Waals surface area contributed by atoms with Gasteiger partial charge in [-0.2, -0.15) is 0 Å². The maximum atomic E-state index is 2.93. The third kappa shape index (κ3) is 6.15. The number of anilines is 7. The summed E-state index contributed by atoms with van der Waals surface area (Å²) >= 11 is 0. The summed E-state index contributed by atoms with van der Waals surface area (Å²) in [6.07, 6.45) is 22.9. The zero-order valence-electron chi connectivity index (χ0n) is 50.3. The molecule has 10 aliphatic rings. The highest BCUT2D eigenvalue weighted by Gasteiger charge is 2.60. The van der Waals surface area contributed by atoms with Gasteiger partial charge in [0, 0.05) is 56.6 Å². The Kier molecular flexibility index (Phi) is 9.72. The number of aryl methyl sites for hydroxylation is 1. The molecule has 5 aromatic rings. The zero-order valence-corrected chi connectivity index (χ0v) is 50.3. The van der Waals surface area contributed by atoms with Crippen LogP contribution in [0.15, 0.2) is 120 Å². The Balaban J connectivity index is 1.05. The van der Waals surface area contributed by atoms with Gasteiger partial charge in [0.25, 0.3) is 6.71 Å². The molecule has 6 atom stereocenters. The van der Waals surface area contributed by atoms with Gasteiger partial charge < -0.3 is 14.7 Å². The standard InChI is InChI=1S/C74H86BN3/c1-43-33-64-66-65(34-43)77-60-41-56-52(35-44(60)2)70(10,11)31-32-72(56,14)55-42-61-57(38-51(55)67(3,4)5)73(15)27-19-20-28-74(73,16)78(61)46-24-26-58(62(77)37-46)75(66)59-39-53-54(69(8,9)30-29-68(53,6)7)40-63(59)76(64)45-23-25-48-47-21-17-18-22-49(47)71(12,13)50(48)36-45/h17-18,21-26,33-40,42,47,49,60H,19-20,27-32,41H2,1-16H3. The summed E-state index contributed by atoms with van der Waals surface area (Å²) in [7, 11) is 0. The number of benzene rings is 5. The lowest BCUT2D eigenvalue weighted by Crippen LogP contribution is -2.63. The van der Waals surface area contributed by atoms with Crippen LogP contribution in [0, 0.1) is 18.3 Å². The van der Waals surface area contributed by atoms with Crippen molar-refractivity contribution >= 4 is 62.9 Å². The van der Waals surface area contributed by atoms with Gasteiger partial charge in [-0.25, -0.2) is 0 Å². The van der Waals surface area contributed by atoms with Crippen LogP contribution in [0.1, 0.15) is 212 Å². The van der Waals surface area contributed by atoms with Crippen LogP contribution in [-0.2, 0) is 32.5 Å². The minimum atomic E-state index is -0.126. The third-order valence-corrected chi connectivity index (χ3v) is 24.0. The van der Waals surface area contributed by atoms with E-state index in [1.807, 2.05) is 0 Å². The fourth-order valence-electron chi connectivity index (χ4n) is 19.0. The molecule has 0 radical (unpaired) electrons. The molecule has 0 amide bonds. The lowest BCUT2D eigenvalue weighted by molar-refractivity contribution is 0.195. The Hall–Kier alpha value is -5.48. The molecule has 4 aliphatic heterocycles. The predicted octanol–water partition coefficient (Wildman–Crippen LogP) is 17.4. The Morgan fingerprint density at radius 2 is 1.24 bits per heavy atom. The average Bonchev–Trinajstić information content (AvgIpc) is 2.63. The van der Waals surface area contributed by atoms with Crippen LogP contribution < -0.4 is 31.1 Å². The summed E-state index contributed by atoms with van der Waals surface area (Å²) in [5, 5.41) is 0. The van der Waals surface area contributed by atoms with Gasteiger partial charge >= 0.3 is 0 Å². The van der Waals surface area contributed by atoms with Gasteiger partial charge in [-0.15, -0.1) is 0 Å². The monoisotopic (exact) mass is 1030 g/mol. The van der Waals surface area contributed by atoms with Crippen molar-refractivity contribution in [3.05, 3.63) is 164 Å². The summed E-state index contributed by atoms with van der Waals surface area (Å²) in [5.41, 5.74) is 30.9. The molecular weight excluding hydrogens is 942 g/mol. The van der Waals surface area contributed by atoms with Gasteiger partial charge in [-0.3, -0.25) is 0 Å². The van der Waals surface area contributed by atoms with E-state index in [4.69, 9.17) is 0 Å². The summed E-state index contributed by atoms with van der Waals surface area (Å²) < 4.78 is 0. The number of nitrogens with zero attached hydrogens (tertiary/aromatic N) is 3. The summed E-state index contributed by atoms with van der Waals surface area (Å²) in [4.78, 5) is 8.62. The Bertz CT molecular complexity index is 3670. The molecule has 6 bridgehead atoms. The molecule has 6 aliphatic carbocycles. The van der Waals surface area contributed by atoms with Crippen LogP contribution >= 0.6 is 0 Å². The van der Waals surface area contributed by atoms with Crippen LogP contribution in [0.5, 0.6) is 0 Å². The highest BCUT2D eigenvalue weighted by atomic mass is 15.3. The molecule has 0 N–H and O–H groups in total. The Labute approximate surface area is 469 Å². The fraction of sp³-hybridized carbons (Fsp3) is 0.486. The predicted molar refractivity (Wildman–Crippen MR) is 333 cm³/mol. The smallest absolute Gasteiger partial charge is 0.252 e. The first kappa shape index (κ1) is 49.6. The Morgan fingerprint density at radius 3 is 2.00 bits per heavy atom. The van der Waals surface area contributed by atoms with E-state index >= 15 is 0 Å². The maximum absolute atomic E-state index is 2.93. The van der Waals surface area contributed by atoms with Gasteiger partial charge in [-0.1, -0.05) is 169 Å². The summed E-state index contributed by atoms with van der Waals surface area (Å²) in [6, 6.07) is 31.9. The molecule has 5 aromatic carbocycles. The fourth-order valence-corrected chi connectivity index (χ4v) is 19.0. The van der Waals surface area contributed by atoms with E-state index in [-0.39, 0.29) is 56.2 Å². The van der Waals surface area contributed by atoms with E-state index in [2.05, 4.69) is 229 Å². The second-order valence-electron chi connectivity index (χ2n) is 31.2. The molecule has 1 fully saturated rings. The van der Waals surface area contributed by atoms with E-state index < -0.39 is 0 Å². The topological polar surface area (TPSA) is 9.72 Å². The number of hydrogen-bond acceptors (Lipinski definition) is 3. The van der Waals surface area contributed by atoms with E-state index in [1.54, 1.807) is 33.4 Å². The minimum Gasteiger partial charge on any atom is -0.335 e. The first-order chi connectivity index (χ1) is 36.7. The Morgan fingerprint density at radius 1 is 0.564 bits per heavy atom. The quantitative estimate of drug-likeness (QED) is 0.152. The summed E-state index contributed by atoms with van der Waals surface area (Å²) in [5.74, 6) is 0.861. The number of fused-ring (bicyclic) bond motifs is 17. The van der Waals surface area contributed by atoms with Gasteiger partial charge in [-0.05, 0) is 214 Å². The first-order valence-electron chi connectivity index (χ1n) is 30.7. The maximum Gasteiger partial charge on any atom is 0.252 e. The highest BCUT2D eigenvalue weighted by molar-refractivity contribution is 7.00. The normalized spacial score (nSPS) is 30.1. The molecule has 400 valence electrons. The van der Waals surface area contributed by atoms with Crippen LogP contribution in [0.4, 0.5) is 39.8 Å². The average molecular weight is 1030 g/mol. The minimum absolute atomic E-state index is 0.000826. The van der Waals surface area contributed by atoms with Gasteiger partial charge in [0.15, 0.2) is 0 Å². The second kappa shape index (κ2) is 15.3. The molecule has 0 aromatic heterocycles.